The van der Waals surface area contributed by atoms with Crippen LogP contribution >= 0.6 is 11.3 Å². The fourth-order valence-electron chi connectivity index (χ4n) is 3.91. The second-order valence-corrected chi connectivity index (χ2v) is 8.53. The number of nitrogens with one attached hydrogen (secondary N) is 1. The van der Waals surface area contributed by atoms with E-state index in [1.54, 1.807) is 11.3 Å². The van der Waals surface area contributed by atoms with Gasteiger partial charge in [0, 0.05) is 17.5 Å². The predicted molar refractivity (Wildman–Crippen MR) is 111 cm³/mol. The Balaban J connectivity index is 1.26. The van der Waals surface area contributed by atoms with Crippen LogP contribution in [0.1, 0.15) is 23.4 Å². The number of hydrogen-bond acceptors (Lipinski definition) is 5. The van der Waals surface area contributed by atoms with Crippen molar-refractivity contribution < 1.29 is 14.4 Å². The molecule has 2 aliphatic rings. The molecule has 1 aromatic heterocycles. The van der Waals surface area contributed by atoms with Crippen molar-refractivity contribution in [1.82, 2.24) is 15.2 Å². The van der Waals surface area contributed by atoms with E-state index >= 15 is 0 Å². The lowest BCUT2D eigenvalue weighted by atomic mass is 9.85. The van der Waals surface area contributed by atoms with Crippen molar-refractivity contribution in [3.8, 4) is 11.3 Å². The largest absolute Gasteiger partial charge is 0.354 e. The lowest BCUT2D eigenvalue weighted by molar-refractivity contribution is -0.143. The summed E-state index contributed by atoms with van der Waals surface area (Å²) >= 11 is 1.63. The summed E-state index contributed by atoms with van der Waals surface area (Å²) in [7, 11) is 0. The molecule has 0 radical (unpaired) electrons. The average Bonchev–Trinajstić information content (AvgIpc) is 3.26. The summed E-state index contributed by atoms with van der Waals surface area (Å²) in [5, 5.41) is 5.90. The number of fused-ring (bicyclic) bond motifs is 1. The van der Waals surface area contributed by atoms with Gasteiger partial charge in [-0.15, -0.1) is 11.3 Å². The summed E-state index contributed by atoms with van der Waals surface area (Å²) in [4.78, 5) is 42.7. The molecule has 7 heteroatoms. The first kappa shape index (κ1) is 19.5. The zero-order valence-electron chi connectivity index (χ0n) is 16.3. The van der Waals surface area contributed by atoms with Gasteiger partial charge in [0.25, 0.3) is 0 Å². The third-order valence-corrected chi connectivity index (χ3v) is 6.28. The number of benzene rings is 1. The van der Waals surface area contributed by atoms with Crippen molar-refractivity contribution in [2.75, 3.05) is 13.1 Å². The number of carbonyl (C=O) groups is 3. The lowest BCUT2D eigenvalue weighted by Crippen LogP contribution is -2.41. The number of allylic oxidation sites excluding steroid dienone is 2. The molecule has 0 saturated carbocycles. The standard InChI is InChI=1S/C22H23N3O3S/c1-14-24-19(13-29-14)16-8-6-15(7-9-16)10-11-23-20(26)12-25-21(27)17-4-2-3-5-18(17)22(25)28/h2-3,6-9,13,17-18H,4-5,10-12H2,1H3,(H,23,26)/t17-,18-/m0/s1. The highest BCUT2D eigenvalue weighted by Crippen LogP contribution is 2.34. The van der Waals surface area contributed by atoms with Gasteiger partial charge < -0.3 is 5.32 Å². The number of rotatable bonds is 6. The molecular weight excluding hydrogens is 386 g/mol. The molecule has 2 atom stereocenters. The number of nitrogens with zero attached hydrogens (tertiary/aromatic N) is 2. The topological polar surface area (TPSA) is 79.4 Å². The van der Waals surface area contributed by atoms with Crippen LogP contribution in [0.2, 0.25) is 0 Å². The fourth-order valence-corrected chi connectivity index (χ4v) is 4.53. The van der Waals surface area contributed by atoms with E-state index in [2.05, 4.69) is 10.3 Å². The SMILES string of the molecule is Cc1nc(-c2ccc(CCNC(=O)CN3C(=O)[C@H]4CC=CC[C@@H]4C3=O)cc2)cs1. The number of thiazole rings is 1. The first-order chi connectivity index (χ1) is 14.0. The molecule has 6 nitrogen and oxygen atoms in total. The second-order valence-electron chi connectivity index (χ2n) is 7.47. The molecule has 150 valence electrons. The number of aryl methyl sites for hydroxylation is 1. The van der Waals surface area contributed by atoms with Crippen molar-refractivity contribution in [3.63, 3.8) is 0 Å². The number of likely N-dealkylation sites (tertiary alicyclic amines) is 1. The Morgan fingerprint density at radius 3 is 2.38 bits per heavy atom. The molecule has 3 amide bonds. The molecule has 1 aromatic carbocycles. The van der Waals surface area contributed by atoms with Crippen LogP contribution in [0.15, 0.2) is 41.8 Å². The quantitative estimate of drug-likeness (QED) is 0.588. The third kappa shape index (κ3) is 4.15. The molecule has 0 bridgehead atoms. The van der Waals surface area contributed by atoms with Gasteiger partial charge in [0.15, 0.2) is 0 Å². The van der Waals surface area contributed by atoms with Crippen molar-refractivity contribution in [1.29, 1.82) is 0 Å². The van der Waals surface area contributed by atoms with Gasteiger partial charge in [0.05, 0.1) is 22.5 Å². The van der Waals surface area contributed by atoms with Crippen LogP contribution in [0.25, 0.3) is 11.3 Å². The molecule has 29 heavy (non-hydrogen) atoms. The number of hydrogen-bond donors (Lipinski definition) is 1. The van der Waals surface area contributed by atoms with Gasteiger partial charge in [-0.25, -0.2) is 4.98 Å². The molecule has 1 aliphatic carbocycles. The van der Waals surface area contributed by atoms with E-state index in [4.69, 9.17) is 0 Å². The molecule has 1 fully saturated rings. The van der Waals surface area contributed by atoms with Crippen LogP contribution in [-0.4, -0.2) is 40.7 Å². The normalized spacial score (nSPS) is 20.8. The Bertz CT molecular complexity index is 938. The Morgan fingerprint density at radius 2 is 1.79 bits per heavy atom. The fraction of sp³-hybridized carbons (Fsp3) is 0.364. The van der Waals surface area contributed by atoms with Crippen LogP contribution in [0.4, 0.5) is 0 Å². The monoisotopic (exact) mass is 409 g/mol. The molecule has 4 rings (SSSR count). The molecule has 2 aromatic rings. The molecular formula is C22H23N3O3S. The zero-order chi connectivity index (χ0) is 20.4. The summed E-state index contributed by atoms with van der Waals surface area (Å²) in [6.07, 6.45) is 5.74. The van der Waals surface area contributed by atoms with Crippen molar-refractivity contribution in [3.05, 3.63) is 52.4 Å². The summed E-state index contributed by atoms with van der Waals surface area (Å²) in [5.74, 6) is -1.31. The van der Waals surface area contributed by atoms with E-state index in [-0.39, 0.29) is 36.1 Å². The van der Waals surface area contributed by atoms with Gasteiger partial charge in [-0.1, -0.05) is 36.4 Å². The Kier molecular flexibility index (Phi) is 5.58. The van der Waals surface area contributed by atoms with Crippen molar-refractivity contribution in [2.24, 2.45) is 11.8 Å². The first-order valence-corrected chi connectivity index (χ1v) is 10.7. The van der Waals surface area contributed by atoms with Crippen LogP contribution in [0, 0.1) is 18.8 Å². The molecule has 1 aliphatic heterocycles. The summed E-state index contributed by atoms with van der Waals surface area (Å²) in [6.45, 7) is 2.25. The summed E-state index contributed by atoms with van der Waals surface area (Å²) in [6, 6.07) is 8.12. The van der Waals surface area contributed by atoms with Gasteiger partial charge in [-0.3, -0.25) is 19.3 Å². The number of carbonyl (C=O) groups excluding carboxylic acids is 3. The van der Waals surface area contributed by atoms with Gasteiger partial charge in [-0.05, 0) is 31.7 Å². The van der Waals surface area contributed by atoms with E-state index in [9.17, 15) is 14.4 Å². The zero-order valence-corrected chi connectivity index (χ0v) is 17.1. The van der Waals surface area contributed by atoms with Crippen LogP contribution in [-0.2, 0) is 20.8 Å². The van der Waals surface area contributed by atoms with E-state index in [0.29, 0.717) is 25.8 Å². The van der Waals surface area contributed by atoms with Crippen LogP contribution in [0.3, 0.4) is 0 Å². The molecule has 1 N–H and O–H groups in total. The summed E-state index contributed by atoms with van der Waals surface area (Å²) in [5.41, 5.74) is 3.15. The average molecular weight is 410 g/mol. The molecule has 2 heterocycles. The van der Waals surface area contributed by atoms with E-state index in [1.165, 1.54) is 0 Å². The minimum atomic E-state index is -0.298. The predicted octanol–water partition coefficient (Wildman–Crippen LogP) is 2.73. The number of aromatic nitrogens is 1. The highest BCUT2D eigenvalue weighted by atomic mass is 32.1. The lowest BCUT2D eigenvalue weighted by Gasteiger charge is -2.14. The minimum Gasteiger partial charge on any atom is -0.354 e. The molecule has 0 spiro atoms. The van der Waals surface area contributed by atoms with E-state index < -0.39 is 0 Å². The van der Waals surface area contributed by atoms with Gasteiger partial charge in [-0.2, -0.15) is 0 Å². The minimum absolute atomic E-state index is 0.188. The number of imide groups is 1. The second kappa shape index (κ2) is 8.29. The van der Waals surface area contributed by atoms with E-state index in [0.717, 1.165) is 26.7 Å². The van der Waals surface area contributed by atoms with Gasteiger partial charge >= 0.3 is 0 Å². The molecule has 0 unspecified atom stereocenters. The highest BCUT2D eigenvalue weighted by molar-refractivity contribution is 7.09. The maximum Gasteiger partial charge on any atom is 0.240 e. The summed E-state index contributed by atoms with van der Waals surface area (Å²) < 4.78 is 0. The smallest absolute Gasteiger partial charge is 0.240 e. The van der Waals surface area contributed by atoms with Gasteiger partial charge in [0.1, 0.15) is 6.54 Å². The Labute approximate surface area is 173 Å². The van der Waals surface area contributed by atoms with Crippen molar-refractivity contribution in [2.45, 2.75) is 26.2 Å². The maximum atomic E-state index is 12.4. The number of amides is 3. The van der Waals surface area contributed by atoms with Crippen LogP contribution in [0.5, 0.6) is 0 Å². The van der Waals surface area contributed by atoms with E-state index in [1.807, 2.05) is 48.7 Å². The third-order valence-electron chi connectivity index (χ3n) is 5.51. The highest BCUT2D eigenvalue weighted by Gasteiger charge is 2.47. The van der Waals surface area contributed by atoms with Crippen molar-refractivity contribution >= 4 is 29.1 Å². The Morgan fingerprint density at radius 1 is 1.14 bits per heavy atom. The molecule has 1 saturated heterocycles. The van der Waals surface area contributed by atoms with Crippen LogP contribution < -0.4 is 5.32 Å². The first-order valence-electron chi connectivity index (χ1n) is 9.81. The Hall–Kier alpha value is -2.80. The maximum absolute atomic E-state index is 12.4. The van der Waals surface area contributed by atoms with Gasteiger partial charge in [0.2, 0.25) is 17.7 Å².